The summed E-state index contributed by atoms with van der Waals surface area (Å²) in [4.78, 5) is 13.9. The number of amides is 1. The highest BCUT2D eigenvalue weighted by Crippen LogP contribution is 2.29. The Morgan fingerprint density at radius 2 is 1.90 bits per heavy atom. The first-order valence-electron chi connectivity index (χ1n) is 10.1. The van der Waals surface area contributed by atoms with Crippen molar-refractivity contribution in [2.24, 2.45) is 0 Å². The number of benzene rings is 2. The molecule has 1 aromatic heterocycles. The SMILES string of the molecule is CCCc1ccc([C@@H]([NH2+]CC(=O)Nc2ccc(OC)cc2OC)c2cccs2)cc1. The fourth-order valence-corrected chi connectivity index (χ4v) is 4.24. The van der Waals surface area contributed by atoms with Gasteiger partial charge in [-0.3, -0.25) is 4.79 Å². The number of aryl methyl sites for hydroxylation is 1. The summed E-state index contributed by atoms with van der Waals surface area (Å²) in [5.74, 6) is 1.17. The van der Waals surface area contributed by atoms with Gasteiger partial charge in [-0.25, -0.2) is 0 Å². The summed E-state index contributed by atoms with van der Waals surface area (Å²) < 4.78 is 10.6. The molecule has 3 N–H and O–H groups in total. The van der Waals surface area contributed by atoms with Crippen LogP contribution in [0.2, 0.25) is 0 Å². The van der Waals surface area contributed by atoms with Crippen LogP contribution < -0.4 is 20.1 Å². The lowest BCUT2D eigenvalue weighted by atomic mass is 10.0. The van der Waals surface area contributed by atoms with Crippen LogP contribution in [0.15, 0.2) is 60.0 Å². The molecule has 3 aromatic rings. The Balaban J connectivity index is 1.69. The predicted octanol–water partition coefficient (Wildman–Crippen LogP) is 4.01. The van der Waals surface area contributed by atoms with Gasteiger partial charge in [0.1, 0.15) is 17.5 Å². The van der Waals surface area contributed by atoms with Crippen molar-refractivity contribution in [1.29, 1.82) is 0 Å². The van der Waals surface area contributed by atoms with Gasteiger partial charge in [-0.05, 0) is 35.6 Å². The fraction of sp³-hybridized carbons (Fsp3) is 0.292. The number of nitrogens with two attached hydrogens (primary N) is 1. The van der Waals surface area contributed by atoms with Crippen LogP contribution >= 0.6 is 11.3 Å². The molecule has 0 saturated heterocycles. The molecule has 5 nitrogen and oxygen atoms in total. The molecule has 158 valence electrons. The molecule has 0 aliphatic heterocycles. The van der Waals surface area contributed by atoms with Gasteiger partial charge < -0.3 is 20.1 Å². The van der Waals surface area contributed by atoms with Crippen LogP contribution in [0.5, 0.6) is 11.5 Å². The standard InChI is InChI=1S/C24H28N2O3S/c1-4-6-17-8-10-18(11-9-17)24(22-7-5-14-30-22)25-16-23(27)26-20-13-12-19(28-2)15-21(20)29-3/h5,7-15,24-25H,4,6,16H2,1-3H3,(H,26,27)/p+1/t24-/m1/s1. The highest BCUT2D eigenvalue weighted by Gasteiger charge is 2.20. The van der Waals surface area contributed by atoms with Gasteiger partial charge in [0.25, 0.3) is 5.91 Å². The van der Waals surface area contributed by atoms with Crippen LogP contribution in [0.3, 0.4) is 0 Å². The average molecular weight is 426 g/mol. The number of methoxy groups -OCH3 is 2. The van der Waals surface area contributed by atoms with E-state index in [0.717, 1.165) is 12.8 Å². The van der Waals surface area contributed by atoms with Crippen LogP contribution in [0.1, 0.15) is 35.4 Å². The molecule has 0 saturated carbocycles. The molecular weight excluding hydrogens is 396 g/mol. The van der Waals surface area contributed by atoms with E-state index in [4.69, 9.17) is 9.47 Å². The van der Waals surface area contributed by atoms with Gasteiger partial charge >= 0.3 is 0 Å². The highest BCUT2D eigenvalue weighted by atomic mass is 32.1. The minimum Gasteiger partial charge on any atom is -0.497 e. The molecule has 0 bridgehead atoms. The second-order valence-electron chi connectivity index (χ2n) is 7.04. The summed E-state index contributed by atoms with van der Waals surface area (Å²) in [5, 5.41) is 7.09. The van der Waals surface area contributed by atoms with Crippen molar-refractivity contribution in [2.75, 3.05) is 26.1 Å². The van der Waals surface area contributed by atoms with Crippen LogP contribution in [0, 0.1) is 0 Å². The summed E-state index contributed by atoms with van der Waals surface area (Å²) in [5.41, 5.74) is 3.18. The second kappa shape index (κ2) is 10.8. The lowest BCUT2D eigenvalue weighted by Gasteiger charge is -2.16. The van der Waals surface area contributed by atoms with Crippen LogP contribution in [0.25, 0.3) is 0 Å². The van der Waals surface area contributed by atoms with E-state index in [-0.39, 0.29) is 11.9 Å². The Kier molecular flexibility index (Phi) is 7.88. The summed E-state index contributed by atoms with van der Waals surface area (Å²) >= 11 is 1.71. The predicted molar refractivity (Wildman–Crippen MR) is 122 cm³/mol. The Bertz CT molecular complexity index is 940. The Labute approximate surface area is 182 Å². The molecule has 0 radical (unpaired) electrons. The van der Waals surface area contributed by atoms with Gasteiger partial charge in [0.15, 0.2) is 6.54 Å². The maximum absolute atomic E-state index is 12.7. The smallest absolute Gasteiger partial charge is 0.279 e. The molecule has 0 fully saturated rings. The minimum absolute atomic E-state index is 0.0809. The maximum atomic E-state index is 12.7. The van der Waals surface area contributed by atoms with E-state index in [1.165, 1.54) is 16.0 Å². The van der Waals surface area contributed by atoms with Crippen LogP contribution in [-0.2, 0) is 11.2 Å². The lowest BCUT2D eigenvalue weighted by Crippen LogP contribution is -2.87. The number of rotatable bonds is 10. The van der Waals surface area contributed by atoms with E-state index in [2.05, 4.69) is 59.3 Å². The Hall–Kier alpha value is -2.83. The van der Waals surface area contributed by atoms with Gasteiger partial charge in [-0.1, -0.05) is 43.7 Å². The van der Waals surface area contributed by atoms with Crippen molar-refractivity contribution >= 4 is 22.9 Å². The van der Waals surface area contributed by atoms with Crippen molar-refractivity contribution in [1.82, 2.24) is 0 Å². The van der Waals surface area contributed by atoms with Gasteiger partial charge in [0.05, 0.1) is 24.8 Å². The van der Waals surface area contributed by atoms with Crippen molar-refractivity contribution in [3.05, 3.63) is 76.0 Å². The molecule has 2 aromatic carbocycles. The van der Waals surface area contributed by atoms with E-state index in [0.29, 0.717) is 23.7 Å². The quantitative estimate of drug-likeness (QED) is 0.516. The average Bonchev–Trinajstić information content (AvgIpc) is 3.30. The molecule has 1 atom stereocenters. The third-order valence-corrected chi connectivity index (χ3v) is 5.90. The third-order valence-electron chi connectivity index (χ3n) is 4.95. The summed E-state index contributed by atoms with van der Waals surface area (Å²) in [6.07, 6.45) is 2.22. The first kappa shape index (κ1) is 21.9. The first-order valence-corrected chi connectivity index (χ1v) is 11.0. The molecule has 30 heavy (non-hydrogen) atoms. The molecule has 1 heterocycles. The maximum Gasteiger partial charge on any atom is 0.279 e. The molecule has 0 unspecified atom stereocenters. The molecular formula is C24H29N2O3S+. The summed E-state index contributed by atoms with van der Waals surface area (Å²) in [6.45, 7) is 2.49. The van der Waals surface area contributed by atoms with Crippen molar-refractivity contribution in [2.45, 2.75) is 25.8 Å². The zero-order valence-electron chi connectivity index (χ0n) is 17.7. The number of hydrogen-bond donors (Lipinski definition) is 2. The number of anilines is 1. The zero-order chi connectivity index (χ0) is 21.3. The van der Waals surface area contributed by atoms with E-state index in [1.807, 2.05) is 0 Å². The Morgan fingerprint density at radius 3 is 2.53 bits per heavy atom. The number of carbonyl (C=O) groups is 1. The van der Waals surface area contributed by atoms with Gasteiger partial charge in [0.2, 0.25) is 0 Å². The molecule has 1 amide bonds. The van der Waals surface area contributed by atoms with Crippen molar-refractivity contribution in [3.63, 3.8) is 0 Å². The second-order valence-corrected chi connectivity index (χ2v) is 8.02. The minimum atomic E-state index is -0.0809. The summed E-state index contributed by atoms with van der Waals surface area (Å²) in [7, 11) is 3.17. The van der Waals surface area contributed by atoms with E-state index in [9.17, 15) is 4.79 Å². The van der Waals surface area contributed by atoms with E-state index < -0.39 is 0 Å². The Morgan fingerprint density at radius 1 is 1.10 bits per heavy atom. The molecule has 0 spiro atoms. The number of thiophene rings is 1. The number of carbonyl (C=O) groups excluding carboxylic acids is 1. The van der Waals surface area contributed by atoms with Crippen LogP contribution in [0.4, 0.5) is 5.69 Å². The van der Waals surface area contributed by atoms with Gasteiger partial charge in [-0.15, -0.1) is 11.3 Å². The number of ether oxygens (including phenoxy) is 2. The number of nitrogens with one attached hydrogen (secondary N) is 1. The fourth-order valence-electron chi connectivity index (χ4n) is 3.39. The van der Waals surface area contributed by atoms with E-state index in [1.54, 1.807) is 43.8 Å². The van der Waals surface area contributed by atoms with Crippen LogP contribution in [-0.4, -0.2) is 26.7 Å². The molecule has 3 rings (SSSR count). The van der Waals surface area contributed by atoms with Gasteiger partial charge in [0, 0.05) is 11.6 Å². The largest absolute Gasteiger partial charge is 0.497 e. The highest BCUT2D eigenvalue weighted by molar-refractivity contribution is 7.10. The van der Waals surface area contributed by atoms with E-state index >= 15 is 0 Å². The lowest BCUT2D eigenvalue weighted by molar-refractivity contribution is -0.675. The summed E-state index contributed by atoms with van der Waals surface area (Å²) in [6, 6.07) is 18.3. The molecule has 0 aliphatic rings. The third kappa shape index (κ3) is 5.62. The zero-order valence-corrected chi connectivity index (χ0v) is 18.5. The molecule has 6 heteroatoms. The monoisotopic (exact) mass is 425 g/mol. The van der Waals surface area contributed by atoms with Crippen molar-refractivity contribution in [3.8, 4) is 11.5 Å². The topological polar surface area (TPSA) is 64.2 Å². The first-order chi connectivity index (χ1) is 14.6. The van der Waals surface area contributed by atoms with Crippen molar-refractivity contribution < 1.29 is 19.6 Å². The normalized spacial score (nSPS) is 11.7. The van der Waals surface area contributed by atoms with Gasteiger partial charge in [-0.2, -0.15) is 0 Å². The number of hydrogen-bond acceptors (Lipinski definition) is 4. The number of quaternary nitrogens is 1. The molecule has 0 aliphatic carbocycles.